The average molecular weight is 291 g/mol. The maximum Gasteiger partial charge on any atom is 0.315 e. The van der Waals surface area contributed by atoms with Crippen LogP contribution in [0.5, 0.6) is 0 Å². The van der Waals surface area contributed by atoms with Gasteiger partial charge in [-0.05, 0) is 31.2 Å². The second kappa shape index (κ2) is 7.54. The molecule has 0 radical (unpaired) electrons. The van der Waals surface area contributed by atoms with E-state index in [0.29, 0.717) is 18.7 Å². The first-order valence-corrected chi connectivity index (χ1v) is 7.01. The Bertz CT molecular complexity index is 522. The van der Waals surface area contributed by atoms with Crippen LogP contribution in [0, 0.1) is 0 Å². The van der Waals surface area contributed by atoms with E-state index in [2.05, 4.69) is 10.6 Å². The van der Waals surface area contributed by atoms with Crippen molar-refractivity contribution in [3.05, 3.63) is 48.7 Å². The van der Waals surface area contributed by atoms with Crippen LogP contribution in [-0.2, 0) is 6.54 Å². The third-order valence-corrected chi connectivity index (χ3v) is 3.15. The van der Waals surface area contributed by atoms with E-state index in [1.54, 1.807) is 12.1 Å². The number of hydrogen-bond donors (Lipinski definition) is 3. The van der Waals surface area contributed by atoms with Crippen molar-refractivity contribution in [3.8, 4) is 0 Å². The van der Waals surface area contributed by atoms with Crippen molar-refractivity contribution in [1.82, 2.24) is 15.2 Å². The second-order valence-electron chi connectivity index (χ2n) is 4.99. The number of hydrogen-bond acceptors (Lipinski definition) is 3. The second-order valence-corrected chi connectivity index (χ2v) is 4.99. The van der Waals surface area contributed by atoms with Crippen molar-refractivity contribution in [2.24, 2.45) is 0 Å². The number of nitrogens with one attached hydrogen (secondary N) is 2. The smallest absolute Gasteiger partial charge is 0.315 e. The quantitative estimate of drug-likeness (QED) is 0.729. The summed E-state index contributed by atoms with van der Waals surface area (Å²) >= 11 is 0. The van der Waals surface area contributed by atoms with Gasteiger partial charge in [-0.2, -0.15) is 0 Å². The molecule has 3 N–H and O–H groups in total. The minimum Gasteiger partial charge on any atom is -0.467 e. The summed E-state index contributed by atoms with van der Waals surface area (Å²) in [6.07, 6.45) is 5.10. The molecule has 0 aromatic carbocycles. The molecule has 6 nitrogen and oxygen atoms in total. The molecule has 0 saturated heterocycles. The molecule has 0 aliphatic rings. The fourth-order valence-electron chi connectivity index (χ4n) is 2.08. The van der Waals surface area contributed by atoms with Gasteiger partial charge in [-0.3, -0.25) is 0 Å². The molecule has 2 rings (SSSR count). The van der Waals surface area contributed by atoms with Crippen LogP contribution in [-0.4, -0.2) is 28.3 Å². The van der Waals surface area contributed by atoms with E-state index in [1.165, 1.54) is 6.26 Å². The van der Waals surface area contributed by atoms with Gasteiger partial charge in [0.25, 0.3) is 0 Å². The van der Waals surface area contributed by atoms with Crippen molar-refractivity contribution >= 4 is 6.03 Å². The minimum absolute atomic E-state index is 0.156. The van der Waals surface area contributed by atoms with Gasteiger partial charge >= 0.3 is 6.03 Å². The van der Waals surface area contributed by atoms with Crippen LogP contribution < -0.4 is 10.6 Å². The van der Waals surface area contributed by atoms with Crippen LogP contribution in [0.3, 0.4) is 0 Å². The lowest BCUT2D eigenvalue weighted by Crippen LogP contribution is -2.42. The van der Waals surface area contributed by atoms with Crippen LogP contribution in [0.25, 0.3) is 0 Å². The Hall–Kier alpha value is -2.21. The summed E-state index contributed by atoms with van der Waals surface area (Å²) in [6, 6.07) is 6.94. The van der Waals surface area contributed by atoms with Gasteiger partial charge in [-0.25, -0.2) is 4.79 Å². The number of aliphatic hydroxyl groups excluding tert-OH is 1. The zero-order valence-corrected chi connectivity index (χ0v) is 12.0. The van der Waals surface area contributed by atoms with Crippen LogP contribution >= 0.6 is 0 Å². The standard InChI is InChI=1S/C15H21N3O3/c1-12(11-13(19)14-5-4-10-21-14)17-15(20)16-6-9-18-7-2-3-8-18/h2-5,7-8,10,12-13,19H,6,9,11H2,1H3,(H2,16,17,20). The van der Waals surface area contributed by atoms with E-state index in [9.17, 15) is 9.90 Å². The lowest BCUT2D eigenvalue weighted by molar-refractivity contribution is 0.129. The van der Waals surface area contributed by atoms with Gasteiger partial charge in [0.2, 0.25) is 0 Å². The molecular formula is C15H21N3O3. The highest BCUT2D eigenvalue weighted by atomic mass is 16.4. The molecule has 2 amide bonds. The Balaban J connectivity index is 1.65. The van der Waals surface area contributed by atoms with Gasteiger partial charge in [0, 0.05) is 37.9 Å². The van der Waals surface area contributed by atoms with Crippen LogP contribution in [0.1, 0.15) is 25.2 Å². The Morgan fingerprint density at radius 3 is 2.81 bits per heavy atom. The molecule has 2 heterocycles. The lowest BCUT2D eigenvalue weighted by Gasteiger charge is -2.17. The Morgan fingerprint density at radius 2 is 2.14 bits per heavy atom. The molecular weight excluding hydrogens is 270 g/mol. The summed E-state index contributed by atoms with van der Waals surface area (Å²) in [7, 11) is 0. The van der Waals surface area contributed by atoms with E-state index < -0.39 is 6.10 Å². The molecule has 2 aromatic heterocycles. The minimum atomic E-state index is -0.713. The normalized spacial score (nSPS) is 13.6. The molecule has 0 bridgehead atoms. The van der Waals surface area contributed by atoms with Gasteiger partial charge in [-0.1, -0.05) is 0 Å². The highest BCUT2D eigenvalue weighted by molar-refractivity contribution is 5.74. The van der Waals surface area contributed by atoms with Gasteiger partial charge in [-0.15, -0.1) is 0 Å². The van der Waals surface area contributed by atoms with Crippen molar-refractivity contribution in [1.29, 1.82) is 0 Å². The molecule has 2 atom stereocenters. The van der Waals surface area contributed by atoms with E-state index >= 15 is 0 Å². The summed E-state index contributed by atoms with van der Waals surface area (Å²) < 4.78 is 7.12. The highest BCUT2D eigenvalue weighted by Gasteiger charge is 2.16. The zero-order chi connectivity index (χ0) is 15.1. The van der Waals surface area contributed by atoms with Crippen molar-refractivity contribution in [2.45, 2.75) is 32.0 Å². The Morgan fingerprint density at radius 1 is 1.38 bits per heavy atom. The fourth-order valence-corrected chi connectivity index (χ4v) is 2.08. The highest BCUT2D eigenvalue weighted by Crippen LogP contribution is 2.18. The van der Waals surface area contributed by atoms with Gasteiger partial charge < -0.3 is 24.7 Å². The van der Waals surface area contributed by atoms with E-state index in [4.69, 9.17) is 4.42 Å². The first-order chi connectivity index (χ1) is 10.1. The zero-order valence-electron chi connectivity index (χ0n) is 12.0. The molecule has 0 saturated carbocycles. The number of aromatic nitrogens is 1. The number of nitrogens with zero attached hydrogens (tertiary/aromatic N) is 1. The molecule has 0 aliphatic carbocycles. The van der Waals surface area contributed by atoms with Gasteiger partial charge in [0.15, 0.2) is 0 Å². The number of carbonyl (C=O) groups excluding carboxylic acids is 1. The summed E-state index contributed by atoms with van der Waals surface area (Å²) in [5, 5.41) is 15.5. The molecule has 2 unspecified atom stereocenters. The van der Waals surface area contributed by atoms with Crippen molar-refractivity contribution < 1.29 is 14.3 Å². The van der Waals surface area contributed by atoms with Crippen LogP contribution in [0.15, 0.2) is 47.3 Å². The van der Waals surface area contributed by atoms with Crippen LogP contribution in [0.4, 0.5) is 4.79 Å². The average Bonchev–Trinajstić information content (AvgIpc) is 3.11. The third-order valence-electron chi connectivity index (χ3n) is 3.15. The first kappa shape index (κ1) is 15.2. The Kier molecular flexibility index (Phi) is 5.45. The monoisotopic (exact) mass is 291 g/mol. The third kappa shape index (κ3) is 5.00. The number of furan rings is 1. The fraction of sp³-hybridized carbons (Fsp3) is 0.400. The largest absolute Gasteiger partial charge is 0.467 e. The number of amides is 2. The Labute approximate surface area is 123 Å². The first-order valence-electron chi connectivity index (χ1n) is 7.01. The van der Waals surface area contributed by atoms with E-state index in [1.807, 2.05) is 36.0 Å². The molecule has 114 valence electrons. The van der Waals surface area contributed by atoms with Crippen LogP contribution in [0.2, 0.25) is 0 Å². The predicted octanol–water partition coefficient (Wildman–Crippen LogP) is 1.89. The SMILES string of the molecule is CC(CC(O)c1ccco1)NC(=O)NCCn1cccc1. The summed E-state index contributed by atoms with van der Waals surface area (Å²) in [6.45, 7) is 3.12. The summed E-state index contributed by atoms with van der Waals surface area (Å²) in [5.41, 5.74) is 0. The van der Waals surface area contributed by atoms with E-state index in [0.717, 1.165) is 6.54 Å². The summed E-state index contributed by atoms with van der Waals surface area (Å²) in [5.74, 6) is 0.511. The molecule has 0 fully saturated rings. The van der Waals surface area contributed by atoms with Gasteiger partial charge in [0.05, 0.1) is 6.26 Å². The summed E-state index contributed by atoms with van der Waals surface area (Å²) in [4.78, 5) is 11.7. The van der Waals surface area contributed by atoms with Crippen molar-refractivity contribution in [2.75, 3.05) is 6.54 Å². The molecule has 2 aromatic rings. The van der Waals surface area contributed by atoms with Crippen molar-refractivity contribution in [3.63, 3.8) is 0 Å². The molecule has 21 heavy (non-hydrogen) atoms. The maximum absolute atomic E-state index is 11.7. The number of aliphatic hydroxyl groups is 1. The maximum atomic E-state index is 11.7. The lowest BCUT2D eigenvalue weighted by atomic mass is 10.1. The van der Waals surface area contributed by atoms with E-state index in [-0.39, 0.29) is 12.1 Å². The predicted molar refractivity (Wildman–Crippen MR) is 78.7 cm³/mol. The molecule has 0 aliphatic heterocycles. The number of urea groups is 1. The molecule has 0 spiro atoms. The number of rotatable bonds is 7. The van der Waals surface area contributed by atoms with Gasteiger partial charge in [0.1, 0.15) is 11.9 Å². The number of carbonyl (C=O) groups is 1. The topological polar surface area (TPSA) is 79.4 Å². The molecule has 6 heteroatoms.